The molecule has 0 aliphatic carbocycles. The highest BCUT2D eigenvalue weighted by molar-refractivity contribution is 7.91. The van der Waals surface area contributed by atoms with Gasteiger partial charge in [-0.2, -0.15) is 0 Å². The predicted molar refractivity (Wildman–Crippen MR) is 122 cm³/mol. The molecular weight excluding hydrogens is 452 g/mol. The number of nitrogens with zero attached hydrogens (tertiary/aromatic N) is 3. The summed E-state index contributed by atoms with van der Waals surface area (Å²) in [5.41, 5.74) is 0.687. The van der Waals surface area contributed by atoms with Crippen molar-refractivity contribution in [3.8, 4) is 0 Å². The van der Waals surface area contributed by atoms with Crippen LogP contribution in [-0.4, -0.2) is 56.4 Å². The molecule has 1 N–H and O–H groups in total. The predicted octanol–water partition coefficient (Wildman–Crippen LogP) is 2.84. The number of carbonyl (C=O) groups is 1. The van der Waals surface area contributed by atoms with Gasteiger partial charge in [0.15, 0.2) is 0 Å². The molecule has 1 aromatic heterocycles. The molecule has 0 radical (unpaired) electrons. The number of hydrogen-bond donors (Lipinski definition) is 1. The zero-order valence-electron chi connectivity index (χ0n) is 17.6. The lowest BCUT2D eigenvalue weighted by molar-refractivity contribution is -0.384. The largest absolute Gasteiger partial charge is 0.366 e. The molecule has 0 unspecified atom stereocenters. The fourth-order valence-corrected chi connectivity index (χ4v) is 6.74. The first kappa shape index (κ1) is 22.7. The fourth-order valence-electron chi connectivity index (χ4n) is 4.42. The third kappa shape index (κ3) is 4.94. The van der Waals surface area contributed by atoms with Crippen LogP contribution in [0.2, 0.25) is 0 Å². The summed E-state index contributed by atoms with van der Waals surface area (Å²) in [6, 6.07) is 9.82. The number of nitro benzene ring substituents is 1. The summed E-state index contributed by atoms with van der Waals surface area (Å²) in [5.74, 6) is 0.000143. The highest BCUT2D eigenvalue weighted by atomic mass is 32.2. The summed E-state index contributed by atoms with van der Waals surface area (Å²) < 4.78 is 27.9. The van der Waals surface area contributed by atoms with Crippen molar-refractivity contribution in [2.75, 3.05) is 31.1 Å². The number of nitro groups is 1. The summed E-state index contributed by atoms with van der Waals surface area (Å²) in [7, 11) is -3.51. The number of carbonyl (C=O) groups excluding carboxylic acids is 1. The maximum atomic E-state index is 13.0. The summed E-state index contributed by atoms with van der Waals surface area (Å²) in [4.78, 5) is 27.8. The van der Waals surface area contributed by atoms with E-state index in [1.54, 1.807) is 35.7 Å². The number of para-hydroxylation sites is 2. The molecule has 2 aliphatic rings. The van der Waals surface area contributed by atoms with Gasteiger partial charge in [0.05, 0.1) is 4.92 Å². The number of amides is 1. The van der Waals surface area contributed by atoms with Gasteiger partial charge in [0.1, 0.15) is 9.90 Å². The van der Waals surface area contributed by atoms with E-state index >= 15 is 0 Å². The maximum absolute atomic E-state index is 13.0. The first-order valence-electron chi connectivity index (χ1n) is 10.7. The highest BCUT2D eigenvalue weighted by Gasteiger charge is 2.33. The third-order valence-corrected chi connectivity index (χ3v) is 9.07. The molecular formula is C21H26N4O5S2. The number of nitrogens with one attached hydrogen (secondary N) is 1. The molecule has 32 heavy (non-hydrogen) atoms. The summed E-state index contributed by atoms with van der Waals surface area (Å²) in [6.07, 6.45) is 2.47. The number of anilines is 1. The molecule has 0 saturated carbocycles. The van der Waals surface area contributed by atoms with E-state index in [1.165, 1.54) is 17.4 Å². The molecule has 1 aromatic carbocycles. The molecule has 2 aliphatic heterocycles. The van der Waals surface area contributed by atoms with Crippen molar-refractivity contribution >= 4 is 38.6 Å². The number of likely N-dealkylation sites (tertiary alicyclic amines) is 1. The number of sulfonamides is 1. The topological polar surface area (TPSA) is 113 Å². The van der Waals surface area contributed by atoms with E-state index in [-0.39, 0.29) is 28.5 Å². The molecule has 0 atom stereocenters. The van der Waals surface area contributed by atoms with Crippen molar-refractivity contribution in [3.63, 3.8) is 0 Å². The van der Waals surface area contributed by atoms with Crippen LogP contribution in [0.3, 0.4) is 0 Å². The lowest BCUT2D eigenvalue weighted by atomic mass is 9.93. The summed E-state index contributed by atoms with van der Waals surface area (Å²) >= 11 is 1.19. The molecule has 2 saturated heterocycles. The van der Waals surface area contributed by atoms with Gasteiger partial charge in [0, 0.05) is 44.2 Å². The Morgan fingerprint density at radius 3 is 2.34 bits per heavy atom. The van der Waals surface area contributed by atoms with Crippen molar-refractivity contribution < 1.29 is 18.1 Å². The molecule has 172 valence electrons. The van der Waals surface area contributed by atoms with Crippen molar-refractivity contribution in [1.29, 1.82) is 0 Å². The lowest BCUT2D eigenvalue weighted by Crippen LogP contribution is -2.49. The molecule has 3 heterocycles. The zero-order chi connectivity index (χ0) is 22.7. The smallest absolute Gasteiger partial charge is 0.292 e. The van der Waals surface area contributed by atoms with Crippen LogP contribution in [0.4, 0.5) is 11.4 Å². The summed E-state index contributed by atoms with van der Waals surface area (Å²) in [6.45, 7) is 2.25. The molecule has 2 aromatic rings. The third-order valence-electron chi connectivity index (χ3n) is 6.15. The molecule has 9 nitrogen and oxygen atoms in total. The van der Waals surface area contributed by atoms with Crippen LogP contribution in [0.1, 0.15) is 25.7 Å². The Balaban J connectivity index is 1.28. The fraction of sp³-hybridized carbons (Fsp3) is 0.476. The van der Waals surface area contributed by atoms with Crippen molar-refractivity contribution in [1.82, 2.24) is 9.62 Å². The van der Waals surface area contributed by atoms with E-state index in [9.17, 15) is 23.3 Å². The Morgan fingerprint density at radius 2 is 1.72 bits per heavy atom. The minimum absolute atomic E-state index is 0.0874. The number of rotatable bonds is 6. The van der Waals surface area contributed by atoms with Crippen LogP contribution in [0.25, 0.3) is 0 Å². The number of hydrogen-bond acceptors (Lipinski definition) is 7. The first-order chi connectivity index (χ1) is 15.3. The quantitative estimate of drug-likeness (QED) is 0.505. The average Bonchev–Trinajstić information content (AvgIpc) is 3.35. The molecule has 4 rings (SSSR count). The number of piperidine rings is 2. The van der Waals surface area contributed by atoms with E-state index < -0.39 is 10.0 Å². The minimum atomic E-state index is -3.51. The first-order valence-corrected chi connectivity index (χ1v) is 13.0. The van der Waals surface area contributed by atoms with Gasteiger partial charge in [0.2, 0.25) is 15.9 Å². The van der Waals surface area contributed by atoms with Gasteiger partial charge < -0.3 is 9.80 Å². The van der Waals surface area contributed by atoms with Crippen LogP contribution >= 0.6 is 11.3 Å². The molecule has 11 heteroatoms. The van der Waals surface area contributed by atoms with Crippen LogP contribution in [-0.2, 0) is 14.8 Å². The highest BCUT2D eigenvalue weighted by Crippen LogP contribution is 2.32. The Morgan fingerprint density at radius 1 is 1.03 bits per heavy atom. The van der Waals surface area contributed by atoms with Gasteiger partial charge in [0.25, 0.3) is 5.69 Å². The summed E-state index contributed by atoms with van der Waals surface area (Å²) in [5, 5.41) is 13.0. The maximum Gasteiger partial charge on any atom is 0.292 e. The number of thiophene rings is 1. The monoisotopic (exact) mass is 478 g/mol. The molecule has 0 spiro atoms. The second-order valence-corrected chi connectivity index (χ2v) is 11.0. The van der Waals surface area contributed by atoms with Gasteiger partial charge in [-0.25, -0.2) is 13.1 Å². The van der Waals surface area contributed by atoms with E-state index in [4.69, 9.17) is 0 Å². The minimum Gasteiger partial charge on any atom is -0.366 e. The zero-order valence-corrected chi connectivity index (χ0v) is 19.2. The van der Waals surface area contributed by atoms with Gasteiger partial charge in [-0.05, 0) is 43.2 Å². The van der Waals surface area contributed by atoms with Gasteiger partial charge in [-0.3, -0.25) is 14.9 Å². The number of benzene rings is 1. The molecule has 0 bridgehead atoms. The SMILES string of the molecule is O=C(C1CCN(c2ccccc2[N+](=O)[O-])CC1)N1CCC(NS(=O)(=O)c2cccs2)CC1. The van der Waals surface area contributed by atoms with Crippen LogP contribution in [0, 0.1) is 16.0 Å². The Kier molecular flexibility index (Phi) is 6.77. The second-order valence-electron chi connectivity index (χ2n) is 8.16. The second kappa shape index (κ2) is 9.55. The van der Waals surface area contributed by atoms with Crippen LogP contribution < -0.4 is 9.62 Å². The van der Waals surface area contributed by atoms with Crippen molar-refractivity contribution in [2.45, 2.75) is 35.9 Å². The van der Waals surface area contributed by atoms with Crippen molar-refractivity contribution in [3.05, 3.63) is 51.9 Å². The van der Waals surface area contributed by atoms with Crippen molar-refractivity contribution in [2.24, 2.45) is 5.92 Å². The van der Waals surface area contributed by atoms with E-state index in [0.717, 1.165) is 0 Å². The van der Waals surface area contributed by atoms with Gasteiger partial charge in [-0.1, -0.05) is 18.2 Å². The lowest BCUT2D eigenvalue weighted by Gasteiger charge is -2.37. The van der Waals surface area contributed by atoms with E-state index in [0.29, 0.717) is 61.8 Å². The Bertz CT molecular complexity index is 1060. The average molecular weight is 479 g/mol. The Labute approximate surface area is 191 Å². The Hall–Kier alpha value is -2.50. The van der Waals surface area contributed by atoms with Gasteiger partial charge >= 0.3 is 0 Å². The molecule has 2 fully saturated rings. The van der Waals surface area contributed by atoms with Crippen LogP contribution in [0.5, 0.6) is 0 Å². The van der Waals surface area contributed by atoms with Crippen LogP contribution in [0.15, 0.2) is 46.0 Å². The molecule has 1 amide bonds. The van der Waals surface area contributed by atoms with E-state index in [2.05, 4.69) is 4.72 Å². The normalized spacial score (nSPS) is 18.6. The van der Waals surface area contributed by atoms with E-state index in [1.807, 2.05) is 9.80 Å². The van der Waals surface area contributed by atoms with Gasteiger partial charge in [-0.15, -0.1) is 11.3 Å². The standard InChI is InChI=1S/C21H26N4O5S2/c26-21(16-7-11-23(12-8-16)18-4-1-2-5-19(18)25(27)28)24-13-9-17(10-14-24)22-32(29,30)20-6-3-15-31-20/h1-6,15-17,22H,7-14H2.